The zero-order valence-electron chi connectivity index (χ0n) is 8.68. The summed E-state index contributed by atoms with van der Waals surface area (Å²) in [5, 5.41) is 3.33. The van der Waals surface area contributed by atoms with E-state index in [0.29, 0.717) is 13.2 Å². The first kappa shape index (κ1) is 10.6. The largest absolute Gasteiger partial charge is 0.486 e. The Morgan fingerprint density at radius 3 is 2.60 bits per heavy atom. The molecular formula is C11H14BrNO2. The molecule has 1 aromatic rings. The van der Waals surface area contributed by atoms with E-state index in [2.05, 4.69) is 28.2 Å². The molecule has 82 valence electrons. The van der Waals surface area contributed by atoms with E-state index in [1.165, 1.54) is 0 Å². The Balaban J connectivity index is 2.24. The highest BCUT2D eigenvalue weighted by Gasteiger charge is 2.14. The maximum Gasteiger partial charge on any atom is 0.163 e. The molecule has 1 heterocycles. The molecule has 0 fully saturated rings. The van der Waals surface area contributed by atoms with Crippen molar-refractivity contribution in [3.05, 3.63) is 16.6 Å². The lowest BCUT2D eigenvalue weighted by atomic mass is 10.2. The van der Waals surface area contributed by atoms with E-state index in [1.54, 1.807) is 0 Å². The van der Waals surface area contributed by atoms with Crippen LogP contribution in [0.5, 0.6) is 11.5 Å². The number of benzene rings is 1. The topological polar surface area (TPSA) is 30.5 Å². The SMILES string of the molecule is CCCNc1cc2c(cc1Br)OCCO2. The normalized spacial score (nSPS) is 13.7. The van der Waals surface area contributed by atoms with Crippen molar-refractivity contribution in [3.8, 4) is 11.5 Å². The number of hydrogen-bond acceptors (Lipinski definition) is 3. The van der Waals surface area contributed by atoms with Gasteiger partial charge in [-0.2, -0.15) is 0 Å². The quantitative estimate of drug-likeness (QED) is 0.917. The number of nitrogens with one attached hydrogen (secondary N) is 1. The third kappa shape index (κ3) is 2.37. The highest BCUT2D eigenvalue weighted by Crippen LogP contribution is 2.37. The van der Waals surface area contributed by atoms with Crippen molar-refractivity contribution in [2.75, 3.05) is 25.1 Å². The van der Waals surface area contributed by atoms with Crippen molar-refractivity contribution in [2.24, 2.45) is 0 Å². The highest BCUT2D eigenvalue weighted by molar-refractivity contribution is 9.10. The molecule has 0 bridgehead atoms. The summed E-state index contributed by atoms with van der Waals surface area (Å²) in [6, 6.07) is 3.93. The molecule has 0 radical (unpaired) electrons. The van der Waals surface area contributed by atoms with E-state index in [0.717, 1.165) is 34.6 Å². The van der Waals surface area contributed by atoms with Crippen LogP contribution in [-0.4, -0.2) is 19.8 Å². The van der Waals surface area contributed by atoms with Crippen molar-refractivity contribution >= 4 is 21.6 Å². The summed E-state index contributed by atoms with van der Waals surface area (Å²) in [4.78, 5) is 0. The Hall–Kier alpha value is -0.900. The minimum absolute atomic E-state index is 0.626. The first-order chi connectivity index (χ1) is 7.31. The molecule has 0 aromatic heterocycles. The maximum absolute atomic E-state index is 5.51. The fourth-order valence-corrected chi connectivity index (χ4v) is 1.92. The summed E-state index contributed by atoms with van der Waals surface area (Å²) >= 11 is 3.51. The van der Waals surface area contributed by atoms with Crippen LogP contribution >= 0.6 is 15.9 Å². The molecule has 0 saturated carbocycles. The van der Waals surface area contributed by atoms with Gasteiger partial charge in [-0.3, -0.25) is 0 Å². The van der Waals surface area contributed by atoms with Crippen LogP contribution in [0, 0.1) is 0 Å². The fourth-order valence-electron chi connectivity index (χ4n) is 1.46. The Bertz CT molecular complexity index is 355. The summed E-state index contributed by atoms with van der Waals surface area (Å²) in [6.07, 6.45) is 1.10. The molecule has 1 aromatic carbocycles. The van der Waals surface area contributed by atoms with Gasteiger partial charge in [-0.25, -0.2) is 0 Å². The predicted octanol–water partition coefficient (Wildman–Crippen LogP) is 3.04. The lowest BCUT2D eigenvalue weighted by molar-refractivity contribution is 0.171. The average molecular weight is 272 g/mol. The molecule has 1 aliphatic rings. The molecule has 2 rings (SSSR count). The van der Waals surface area contributed by atoms with Gasteiger partial charge in [0.1, 0.15) is 13.2 Å². The smallest absolute Gasteiger partial charge is 0.163 e. The second-order valence-electron chi connectivity index (χ2n) is 3.40. The molecule has 4 heteroatoms. The van der Waals surface area contributed by atoms with Gasteiger partial charge in [-0.15, -0.1) is 0 Å². The van der Waals surface area contributed by atoms with Crippen LogP contribution in [0.4, 0.5) is 5.69 Å². The lowest BCUT2D eigenvalue weighted by Crippen LogP contribution is -2.15. The van der Waals surface area contributed by atoms with Crippen LogP contribution in [-0.2, 0) is 0 Å². The number of halogens is 1. The van der Waals surface area contributed by atoms with Gasteiger partial charge in [0.05, 0.1) is 5.69 Å². The van der Waals surface area contributed by atoms with Gasteiger partial charge < -0.3 is 14.8 Å². The van der Waals surface area contributed by atoms with Crippen LogP contribution in [0.1, 0.15) is 13.3 Å². The Morgan fingerprint density at radius 1 is 1.27 bits per heavy atom. The third-order valence-corrected chi connectivity index (χ3v) is 2.85. The van der Waals surface area contributed by atoms with Gasteiger partial charge in [0, 0.05) is 23.2 Å². The molecular weight excluding hydrogens is 258 g/mol. The first-order valence-corrected chi connectivity index (χ1v) is 5.93. The lowest BCUT2D eigenvalue weighted by Gasteiger charge is -2.20. The average Bonchev–Trinajstić information content (AvgIpc) is 2.26. The molecule has 0 saturated heterocycles. The molecule has 1 aliphatic heterocycles. The monoisotopic (exact) mass is 271 g/mol. The Labute approximate surface area is 97.9 Å². The molecule has 0 unspecified atom stereocenters. The number of anilines is 1. The van der Waals surface area contributed by atoms with Crippen molar-refractivity contribution in [1.29, 1.82) is 0 Å². The zero-order valence-corrected chi connectivity index (χ0v) is 10.3. The number of fused-ring (bicyclic) bond motifs is 1. The van der Waals surface area contributed by atoms with Gasteiger partial charge in [0.2, 0.25) is 0 Å². The summed E-state index contributed by atoms with van der Waals surface area (Å²) in [5.74, 6) is 1.64. The van der Waals surface area contributed by atoms with Crippen molar-refractivity contribution in [1.82, 2.24) is 0 Å². The fraction of sp³-hybridized carbons (Fsp3) is 0.455. The van der Waals surface area contributed by atoms with Crippen LogP contribution in [0.15, 0.2) is 16.6 Å². The minimum Gasteiger partial charge on any atom is -0.486 e. The van der Waals surface area contributed by atoms with Gasteiger partial charge in [0.15, 0.2) is 11.5 Å². The van der Waals surface area contributed by atoms with Gasteiger partial charge in [0.25, 0.3) is 0 Å². The van der Waals surface area contributed by atoms with E-state index < -0.39 is 0 Å². The van der Waals surface area contributed by atoms with E-state index in [4.69, 9.17) is 9.47 Å². The Kier molecular flexibility index (Phi) is 3.36. The van der Waals surface area contributed by atoms with Gasteiger partial charge in [-0.1, -0.05) is 6.92 Å². The van der Waals surface area contributed by atoms with E-state index in [9.17, 15) is 0 Å². The van der Waals surface area contributed by atoms with Crippen LogP contribution in [0.25, 0.3) is 0 Å². The van der Waals surface area contributed by atoms with Crippen molar-refractivity contribution in [3.63, 3.8) is 0 Å². The summed E-state index contributed by atoms with van der Waals surface area (Å²) in [7, 11) is 0. The summed E-state index contributed by atoms with van der Waals surface area (Å²) < 4.78 is 12.0. The van der Waals surface area contributed by atoms with Crippen molar-refractivity contribution < 1.29 is 9.47 Å². The molecule has 0 amide bonds. The zero-order chi connectivity index (χ0) is 10.7. The molecule has 15 heavy (non-hydrogen) atoms. The van der Waals surface area contributed by atoms with E-state index in [1.807, 2.05) is 12.1 Å². The molecule has 1 N–H and O–H groups in total. The second-order valence-corrected chi connectivity index (χ2v) is 4.26. The minimum atomic E-state index is 0.626. The first-order valence-electron chi connectivity index (χ1n) is 5.14. The number of hydrogen-bond donors (Lipinski definition) is 1. The summed E-state index contributed by atoms with van der Waals surface area (Å²) in [6.45, 7) is 4.35. The predicted molar refractivity (Wildman–Crippen MR) is 63.9 cm³/mol. The van der Waals surface area contributed by atoms with E-state index in [-0.39, 0.29) is 0 Å². The number of ether oxygens (including phenoxy) is 2. The van der Waals surface area contributed by atoms with Gasteiger partial charge in [-0.05, 0) is 22.4 Å². The van der Waals surface area contributed by atoms with Crippen molar-refractivity contribution in [2.45, 2.75) is 13.3 Å². The van der Waals surface area contributed by atoms with Crippen LogP contribution < -0.4 is 14.8 Å². The van der Waals surface area contributed by atoms with E-state index >= 15 is 0 Å². The Morgan fingerprint density at radius 2 is 1.93 bits per heavy atom. The van der Waals surface area contributed by atoms with Crippen LogP contribution in [0.3, 0.4) is 0 Å². The molecule has 0 aliphatic carbocycles. The highest BCUT2D eigenvalue weighted by atomic mass is 79.9. The second kappa shape index (κ2) is 4.75. The maximum atomic E-state index is 5.51. The van der Waals surface area contributed by atoms with Gasteiger partial charge >= 0.3 is 0 Å². The van der Waals surface area contributed by atoms with Crippen LogP contribution in [0.2, 0.25) is 0 Å². The molecule has 0 spiro atoms. The summed E-state index contributed by atoms with van der Waals surface area (Å²) in [5.41, 5.74) is 1.06. The molecule has 3 nitrogen and oxygen atoms in total. The number of rotatable bonds is 3. The third-order valence-electron chi connectivity index (χ3n) is 2.20. The molecule has 0 atom stereocenters. The standard InChI is InChI=1S/C11H14BrNO2/c1-2-3-13-9-7-11-10(6-8(9)12)14-4-5-15-11/h6-7,13H,2-5H2,1H3.